The molecular weight excluding hydrogens is 190 g/mol. The Morgan fingerprint density at radius 3 is 2.40 bits per heavy atom. The fourth-order valence-corrected chi connectivity index (χ4v) is 1.59. The molecule has 74 valence electrons. The normalized spacial score (nSPS) is 12.8. The van der Waals surface area contributed by atoms with E-state index < -0.39 is 0 Å². The van der Waals surface area contributed by atoms with Crippen LogP contribution in [0.15, 0.2) is 48.5 Å². The third-order valence-electron chi connectivity index (χ3n) is 2.35. The third kappa shape index (κ3) is 1.43. The van der Waals surface area contributed by atoms with Crippen molar-refractivity contribution in [3.63, 3.8) is 0 Å². The van der Waals surface area contributed by atoms with Gasteiger partial charge >= 0.3 is 0 Å². The number of nitrogens with one attached hydrogen (secondary N) is 1. The molecule has 0 bridgehead atoms. The Kier molecular flexibility index (Phi) is 1.83. The molecule has 1 N–H and O–H groups in total. The van der Waals surface area contributed by atoms with E-state index in [-0.39, 0.29) is 0 Å². The lowest BCUT2D eigenvalue weighted by Gasteiger charge is -2.01. The number of benzene rings is 2. The van der Waals surface area contributed by atoms with Crippen molar-refractivity contribution in [1.82, 2.24) is 5.64 Å². The standard InChI is InChI=1S/C12H9NO2/c1-2-4-9(5-3-1)10-6-7-11-12(8-10)15-13-14-11/h1-8,13H. The largest absolute Gasteiger partial charge is 0.370 e. The predicted octanol–water partition coefficient (Wildman–Crippen LogP) is 2.54. The van der Waals surface area contributed by atoms with Crippen LogP contribution in [-0.2, 0) is 0 Å². The maximum absolute atomic E-state index is 5.09. The van der Waals surface area contributed by atoms with E-state index in [1.54, 1.807) is 0 Å². The van der Waals surface area contributed by atoms with Crippen molar-refractivity contribution in [2.24, 2.45) is 0 Å². The van der Waals surface area contributed by atoms with Gasteiger partial charge in [-0.1, -0.05) is 36.4 Å². The molecule has 0 fully saturated rings. The molecule has 0 amide bonds. The van der Waals surface area contributed by atoms with E-state index in [2.05, 4.69) is 17.8 Å². The second-order valence-corrected chi connectivity index (χ2v) is 3.31. The Hall–Kier alpha value is -2.00. The van der Waals surface area contributed by atoms with Gasteiger partial charge in [0.15, 0.2) is 11.5 Å². The van der Waals surface area contributed by atoms with Gasteiger partial charge in [0.05, 0.1) is 0 Å². The Morgan fingerprint density at radius 2 is 1.53 bits per heavy atom. The predicted molar refractivity (Wildman–Crippen MR) is 56.3 cm³/mol. The van der Waals surface area contributed by atoms with Crippen LogP contribution in [0.5, 0.6) is 11.5 Å². The summed E-state index contributed by atoms with van der Waals surface area (Å²) in [6, 6.07) is 16.0. The second-order valence-electron chi connectivity index (χ2n) is 3.31. The summed E-state index contributed by atoms with van der Waals surface area (Å²) >= 11 is 0. The van der Waals surface area contributed by atoms with Crippen LogP contribution in [0.1, 0.15) is 0 Å². The average Bonchev–Trinajstić information content (AvgIpc) is 2.77. The van der Waals surface area contributed by atoms with Gasteiger partial charge in [-0.2, -0.15) is 0 Å². The first-order valence-electron chi connectivity index (χ1n) is 4.72. The molecule has 0 radical (unpaired) electrons. The van der Waals surface area contributed by atoms with Gasteiger partial charge in [-0.3, -0.25) is 0 Å². The van der Waals surface area contributed by atoms with Crippen LogP contribution < -0.4 is 15.3 Å². The van der Waals surface area contributed by atoms with Crippen LogP contribution in [0.4, 0.5) is 0 Å². The Morgan fingerprint density at radius 1 is 0.733 bits per heavy atom. The lowest BCUT2D eigenvalue weighted by Crippen LogP contribution is -2.14. The molecular formula is C12H9NO2. The van der Waals surface area contributed by atoms with Gasteiger partial charge in [0.25, 0.3) is 0 Å². The van der Waals surface area contributed by atoms with E-state index in [1.165, 1.54) is 0 Å². The molecule has 2 aromatic carbocycles. The smallest absolute Gasteiger partial charge is 0.196 e. The van der Waals surface area contributed by atoms with Gasteiger partial charge < -0.3 is 9.68 Å². The molecule has 1 heterocycles. The van der Waals surface area contributed by atoms with E-state index >= 15 is 0 Å². The molecule has 0 aromatic heterocycles. The van der Waals surface area contributed by atoms with Crippen molar-refractivity contribution in [3.05, 3.63) is 48.5 Å². The van der Waals surface area contributed by atoms with Crippen LogP contribution in [0.3, 0.4) is 0 Å². The highest BCUT2D eigenvalue weighted by Crippen LogP contribution is 2.34. The van der Waals surface area contributed by atoms with E-state index in [4.69, 9.17) is 9.68 Å². The van der Waals surface area contributed by atoms with Gasteiger partial charge in [0.2, 0.25) is 0 Å². The van der Waals surface area contributed by atoms with Crippen LogP contribution in [0, 0.1) is 0 Å². The zero-order valence-corrected chi connectivity index (χ0v) is 7.94. The van der Waals surface area contributed by atoms with Crippen molar-refractivity contribution in [2.75, 3.05) is 0 Å². The summed E-state index contributed by atoms with van der Waals surface area (Å²) < 4.78 is 0. The summed E-state index contributed by atoms with van der Waals surface area (Å²) in [5, 5.41) is 0. The Labute approximate surface area is 87.2 Å². The fraction of sp³-hybridized carbons (Fsp3) is 0. The van der Waals surface area contributed by atoms with Crippen LogP contribution in [0.25, 0.3) is 11.1 Å². The highest BCUT2D eigenvalue weighted by atomic mass is 16.9. The zero-order chi connectivity index (χ0) is 10.1. The average molecular weight is 199 g/mol. The van der Waals surface area contributed by atoms with E-state index in [0.29, 0.717) is 0 Å². The van der Waals surface area contributed by atoms with Crippen molar-refractivity contribution in [3.8, 4) is 22.6 Å². The maximum Gasteiger partial charge on any atom is 0.196 e. The SMILES string of the molecule is c1ccc(-c2ccc3c(c2)ONO3)cc1. The summed E-state index contributed by atoms with van der Waals surface area (Å²) in [7, 11) is 0. The summed E-state index contributed by atoms with van der Waals surface area (Å²) in [5.74, 6) is 1.44. The minimum atomic E-state index is 0.717. The van der Waals surface area contributed by atoms with Gasteiger partial charge in [0.1, 0.15) is 0 Å². The molecule has 0 spiro atoms. The molecule has 0 aliphatic carbocycles. The summed E-state index contributed by atoms with van der Waals surface area (Å²) in [6.45, 7) is 0. The van der Waals surface area contributed by atoms with Crippen molar-refractivity contribution < 1.29 is 9.68 Å². The van der Waals surface area contributed by atoms with Crippen LogP contribution >= 0.6 is 0 Å². The molecule has 3 heteroatoms. The molecule has 3 nitrogen and oxygen atoms in total. The molecule has 2 aromatic rings. The highest BCUT2D eigenvalue weighted by molar-refractivity contribution is 5.67. The zero-order valence-electron chi connectivity index (χ0n) is 7.94. The minimum absolute atomic E-state index is 0.717. The fourth-order valence-electron chi connectivity index (χ4n) is 1.59. The Balaban J connectivity index is 2.07. The van der Waals surface area contributed by atoms with Gasteiger partial charge in [0, 0.05) is 5.64 Å². The molecule has 3 rings (SSSR count). The summed E-state index contributed by atoms with van der Waals surface area (Å²) in [6.07, 6.45) is 0. The van der Waals surface area contributed by atoms with Gasteiger partial charge in [-0.25, -0.2) is 0 Å². The van der Waals surface area contributed by atoms with Gasteiger partial charge in [-0.05, 0) is 23.3 Å². The molecule has 15 heavy (non-hydrogen) atoms. The molecule has 1 aliphatic heterocycles. The van der Waals surface area contributed by atoms with Gasteiger partial charge in [-0.15, -0.1) is 0 Å². The Bertz CT molecular complexity index is 482. The maximum atomic E-state index is 5.09. The number of fused-ring (bicyclic) bond motifs is 1. The van der Waals surface area contributed by atoms with Crippen LogP contribution in [0.2, 0.25) is 0 Å². The number of rotatable bonds is 1. The summed E-state index contributed by atoms with van der Waals surface area (Å²) in [4.78, 5) is 10.1. The van der Waals surface area contributed by atoms with E-state index in [0.717, 1.165) is 22.6 Å². The first kappa shape index (κ1) is 8.32. The first-order chi connectivity index (χ1) is 7.43. The van der Waals surface area contributed by atoms with Crippen molar-refractivity contribution >= 4 is 0 Å². The quantitative estimate of drug-likeness (QED) is 0.765. The van der Waals surface area contributed by atoms with Crippen molar-refractivity contribution in [2.45, 2.75) is 0 Å². The third-order valence-corrected chi connectivity index (χ3v) is 2.35. The molecule has 0 saturated carbocycles. The lowest BCUT2D eigenvalue weighted by molar-refractivity contribution is 0.0260. The van der Waals surface area contributed by atoms with E-state index in [9.17, 15) is 0 Å². The van der Waals surface area contributed by atoms with Crippen molar-refractivity contribution in [1.29, 1.82) is 0 Å². The minimum Gasteiger partial charge on any atom is -0.370 e. The molecule has 0 saturated heterocycles. The molecule has 1 aliphatic rings. The van der Waals surface area contributed by atoms with E-state index in [1.807, 2.05) is 36.4 Å². The molecule has 0 atom stereocenters. The topological polar surface area (TPSA) is 30.5 Å². The second kappa shape index (κ2) is 3.29. The molecule has 0 unspecified atom stereocenters. The van der Waals surface area contributed by atoms with Crippen LogP contribution in [-0.4, -0.2) is 0 Å². The first-order valence-corrected chi connectivity index (χ1v) is 4.72. The number of hydrogen-bond donors (Lipinski definition) is 1. The monoisotopic (exact) mass is 199 g/mol. The lowest BCUT2D eigenvalue weighted by atomic mass is 10.1. The number of hydrogen-bond acceptors (Lipinski definition) is 3. The highest BCUT2D eigenvalue weighted by Gasteiger charge is 2.14. The summed E-state index contributed by atoms with van der Waals surface area (Å²) in [5.41, 5.74) is 4.64.